The maximum Gasteiger partial charge on any atom is 0.323 e. The van der Waals surface area contributed by atoms with Crippen molar-refractivity contribution in [1.29, 1.82) is 0 Å². The minimum absolute atomic E-state index is 0.0113. The van der Waals surface area contributed by atoms with Crippen LogP contribution in [0.15, 0.2) is 0 Å². The van der Waals surface area contributed by atoms with Crippen LogP contribution in [-0.2, 0) is 4.79 Å². The first-order valence-electron chi connectivity index (χ1n) is 3.09. The molecular formula is C6H6ClN3O2. The molecule has 1 heterocycles. The van der Waals surface area contributed by atoms with Crippen molar-refractivity contribution in [3.05, 3.63) is 0 Å². The Balaban J connectivity index is 2.88. The molecule has 1 rings (SSSR count). The number of nitrogens with one attached hydrogen (secondary N) is 3. The second kappa shape index (κ2) is 3.01. The summed E-state index contributed by atoms with van der Waals surface area (Å²) < 4.78 is 0. The largest absolute Gasteiger partial charge is 0.323 e. The second-order valence-corrected chi connectivity index (χ2v) is 2.54. The Morgan fingerprint density at radius 1 is 1.67 bits per heavy atom. The molecule has 1 aliphatic rings. The lowest BCUT2D eigenvalue weighted by atomic mass is 10.0. The second-order valence-electron chi connectivity index (χ2n) is 2.27. The van der Waals surface area contributed by atoms with Gasteiger partial charge < -0.3 is 5.32 Å². The number of hydrogen-bond acceptors (Lipinski definition) is 3. The standard InChI is InChI=1S/C6H6ClN3O2/c1-2-6(3-8-7)4(11)9-5(12)10-6/h1,8H,3H2,(H2,9,10,11,12). The number of imide groups is 1. The number of hydrogen-bond donors (Lipinski definition) is 3. The topological polar surface area (TPSA) is 70.2 Å². The van der Waals surface area contributed by atoms with Crippen LogP contribution in [0.3, 0.4) is 0 Å². The van der Waals surface area contributed by atoms with E-state index in [1.807, 2.05) is 5.32 Å². The Labute approximate surface area is 73.9 Å². The normalized spacial score (nSPS) is 27.7. The SMILES string of the molecule is C#CC1(CNCl)NC(=O)NC1=O. The van der Waals surface area contributed by atoms with Gasteiger partial charge in [-0.2, -0.15) is 0 Å². The van der Waals surface area contributed by atoms with Gasteiger partial charge in [0.1, 0.15) is 0 Å². The number of rotatable bonds is 2. The Kier molecular flexibility index (Phi) is 2.22. The van der Waals surface area contributed by atoms with Gasteiger partial charge in [0.25, 0.3) is 5.91 Å². The molecule has 5 nitrogen and oxygen atoms in total. The van der Waals surface area contributed by atoms with Crippen molar-refractivity contribution in [2.45, 2.75) is 5.54 Å². The van der Waals surface area contributed by atoms with E-state index in [9.17, 15) is 9.59 Å². The molecule has 1 fully saturated rings. The third kappa shape index (κ3) is 1.22. The first-order chi connectivity index (χ1) is 5.64. The van der Waals surface area contributed by atoms with E-state index in [1.165, 1.54) is 0 Å². The lowest BCUT2D eigenvalue weighted by molar-refractivity contribution is -0.121. The van der Waals surface area contributed by atoms with E-state index < -0.39 is 17.5 Å². The van der Waals surface area contributed by atoms with Gasteiger partial charge in [0.05, 0.1) is 6.54 Å². The number of halogens is 1. The molecule has 64 valence electrons. The van der Waals surface area contributed by atoms with Crippen molar-refractivity contribution in [3.8, 4) is 12.3 Å². The fourth-order valence-electron chi connectivity index (χ4n) is 0.869. The van der Waals surface area contributed by atoms with Crippen LogP contribution in [0.25, 0.3) is 0 Å². The molecule has 0 aromatic carbocycles. The summed E-state index contributed by atoms with van der Waals surface area (Å²) in [5.74, 6) is 1.60. The van der Waals surface area contributed by atoms with E-state index in [0.717, 1.165) is 0 Å². The van der Waals surface area contributed by atoms with Crippen molar-refractivity contribution in [2.24, 2.45) is 0 Å². The van der Waals surface area contributed by atoms with Gasteiger partial charge in [0, 0.05) is 0 Å². The van der Waals surface area contributed by atoms with Crippen LogP contribution in [-0.4, -0.2) is 24.0 Å². The highest BCUT2D eigenvalue weighted by molar-refractivity contribution is 6.14. The van der Waals surface area contributed by atoms with E-state index in [4.69, 9.17) is 18.2 Å². The van der Waals surface area contributed by atoms with E-state index in [0.29, 0.717) is 0 Å². The summed E-state index contributed by atoms with van der Waals surface area (Å²) in [4.78, 5) is 24.0. The minimum Gasteiger partial charge on any atom is -0.312 e. The molecule has 0 aliphatic carbocycles. The van der Waals surface area contributed by atoms with Crippen molar-refractivity contribution >= 4 is 23.7 Å². The Hall–Kier alpha value is -1.25. The number of carbonyl (C=O) groups excluding carboxylic acids is 2. The van der Waals surface area contributed by atoms with Gasteiger partial charge in [-0.15, -0.1) is 6.42 Å². The summed E-state index contributed by atoms with van der Waals surface area (Å²) in [7, 11) is 0. The van der Waals surface area contributed by atoms with Crippen molar-refractivity contribution < 1.29 is 9.59 Å². The van der Waals surface area contributed by atoms with Crippen LogP contribution < -0.4 is 15.5 Å². The maximum atomic E-state index is 11.1. The third-order valence-electron chi connectivity index (χ3n) is 1.52. The lowest BCUT2D eigenvalue weighted by Gasteiger charge is -2.16. The monoisotopic (exact) mass is 187 g/mol. The summed E-state index contributed by atoms with van der Waals surface area (Å²) in [6.07, 6.45) is 5.08. The molecule has 0 aromatic heterocycles. The molecule has 12 heavy (non-hydrogen) atoms. The van der Waals surface area contributed by atoms with E-state index in [2.05, 4.69) is 16.1 Å². The molecule has 0 spiro atoms. The molecule has 0 radical (unpaired) electrons. The van der Waals surface area contributed by atoms with Crippen molar-refractivity contribution in [3.63, 3.8) is 0 Å². The van der Waals surface area contributed by atoms with Gasteiger partial charge in [0.15, 0.2) is 5.54 Å². The van der Waals surface area contributed by atoms with Crippen LogP contribution in [0.2, 0.25) is 0 Å². The minimum atomic E-state index is -1.35. The smallest absolute Gasteiger partial charge is 0.312 e. The molecular weight excluding hydrogens is 182 g/mol. The number of amides is 3. The molecule has 3 amide bonds. The van der Waals surface area contributed by atoms with Gasteiger partial charge in [-0.1, -0.05) is 5.92 Å². The average Bonchev–Trinajstić information content (AvgIpc) is 2.28. The van der Waals surface area contributed by atoms with Crippen LogP contribution in [0.5, 0.6) is 0 Å². The van der Waals surface area contributed by atoms with Crippen LogP contribution in [0, 0.1) is 12.3 Å². The van der Waals surface area contributed by atoms with Gasteiger partial charge in [-0.3, -0.25) is 10.1 Å². The first-order valence-corrected chi connectivity index (χ1v) is 3.47. The highest BCUT2D eigenvalue weighted by Crippen LogP contribution is 2.07. The Bertz CT molecular complexity index is 272. The molecule has 0 saturated carbocycles. The summed E-state index contributed by atoms with van der Waals surface area (Å²) in [5, 5.41) is 4.30. The summed E-state index contributed by atoms with van der Waals surface area (Å²) in [6.45, 7) is -0.0113. The molecule has 1 saturated heterocycles. The lowest BCUT2D eigenvalue weighted by Crippen LogP contribution is -2.51. The fourth-order valence-corrected chi connectivity index (χ4v) is 1.07. The van der Waals surface area contributed by atoms with Gasteiger partial charge >= 0.3 is 6.03 Å². The highest BCUT2D eigenvalue weighted by atomic mass is 35.5. The molecule has 1 unspecified atom stereocenters. The number of carbonyl (C=O) groups is 2. The molecule has 1 atom stereocenters. The van der Waals surface area contributed by atoms with Crippen molar-refractivity contribution in [1.82, 2.24) is 15.5 Å². The van der Waals surface area contributed by atoms with E-state index in [1.54, 1.807) is 0 Å². The van der Waals surface area contributed by atoms with Crippen molar-refractivity contribution in [2.75, 3.05) is 6.54 Å². The molecule has 3 N–H and O–H groups in total. The van der Waals surface area contributed by atoms with Gasteiger partial charge in [0.2, 0.25) is 0 Å². The fraction of sp³-hybridized carbons (Fsp3) is 0.333. The zero-order chi connectivity index (χ0) is 9.19. The van der Waals surface area contributed by atoms with Crippen LogP contribution >= 0.6 is 11.8 Å². The van der Waals surface area contributed by atoms with Gasteiger partial charge in [-0.25, -0.2) is 9.63 Å². The van der Waals surface area contributed by atoms with Crippen LogP contribution in [0.1, 0.15) is 0 Å². The zero-order valence-corrected chi connectivity index (χ0v) is 6.73. The van der Waals surface area contributed by atoms with Crippen LogP contribution in [0.4, 0.5) is 4.79 Å². The predicted octanol–water partition coefficient (Wildman–Crippen LogP) is -1.06. The van der Waals surface area contributed by atoms with E-state index in [-0.39, 0.29) is 6.54 Å². The number of terminal acetylenes is 1. The summed E-state index contributed by atoms with van der Waals surface area (Å²) in [5.41, 5.74) is -1.35. The molecule has 0 bridgehead atoms. The zero-order valence-electron chi connectivity index (χ0n) is 5.98. The molecule has 0 aromatic rings. The quantitative estimate of drug-likeness (QED) is 0.293. The Morgan fingerprint density at radius 3 is 2.67 bits per heavy atom. The first kappa shape index (κ1) is 8.84. The molecule has 6 heteroatoms. The average molecular weight is 188 g/mol. The Morgan fingerprint density at radius 2 is 2.33 bits per heavy atom. The maximum absolute atomic E-state index is 11.1. The highest BCUT2D eigenvalue weighted by Gasteiger charge is 2.44. The molecule has 1 aliphatic heterocycles. The number of urea groups is 1. The summed E-state index contributed by atoms with van der Waals surface area (Å²) >= 11 is 5.19. The summed E-state index contributed by atoms with van der Waals surface area (Å²) in [6, 6.07) is -0.607. The predicted molar refractivity (Wildman–Crippen MR) is 42.1 cm³/mol. The van der Waals surface area contributed by atoms with E-state index >= 15 is 0 Å². The third-order valence-corrected chi connectivity index (χ3v) is 1.65. The van der Waals surface area contributed by atoms with Gasteiger partial charge in [-0.05, 0) is 11.8 Å².